The van der Waals surface area contributed by atoms with Crippen LogP contribution in [0.25, 0.3) is 68.8 Å². The highest BCUT2D eigenvalue weighted by atomic mass is 31.2. The number of hydrogen-bond donors (Lipinski definition) is 0. The van der Waals surface area contributed by atoms with Crippen molar-refractivity contribution < 1.29 is 4.57 Å². The van der Waals surface area contributed by atoms with Gasteiger partial charge in [0.05, 0.1) is 0 Å². The maximum absolute atomic E-state index is 15.6. The maximum atomic E-state index is 15.6. The van der Waals surface area contributed by atoms with E-state index in [0.717, 1.165) is 49.3 Å². The molecule has 2 heteroatoms. The molecule has 0 radical (unpaired) electrons. The molecule has 0 saturated heterocycles. The van der Waals surface area contributed by atoms with E-state index in [9.17, 15) is 0 Å². The minimum Gasteiger partial charge on any atom is -0.309 e. The molecule has 9 rings (SSSR count). The normalized spacial score (nSPS) is 13.0. The van der Waals surface area contributed by atoms with Crippen molar-refractivity contribution in [2.24, 2.45) is 0 Å². The van der Waals surface area contributed by atoms with Crippen LogP contribution in [0.4, 0.5) is 0 Å². The van der Waals surface area contributed by atoms with Crippen molar-refractivity contribution in [2.45, 2.75) is 0 Å². The SMILES string of the molecule is O=P(c1ccc(C=Cc2ccc3ccccc3c2)cc1)(c1ccc(C=Cc2ccc3ccccc3c2)cc1)c1ccc(C=Cc2ccc3ccccc3c2)cc1. The molecule has 0 heterocycles. The molecule has 0 spiro atoms. The Morgan fingerprint density at radius 1 is 0.250 bits per heavy atom. The van der Waals surface area contributed by atoms with Crippen molar-refractivity contribution in [3.8, 4) is 0 Å². The predicted molar refractivity (Wildman–Crippen MR) is 244 cm³/mol. The van der Waals surface area contributed by atoms with Crippen LogP contribution in [0.5, 0.6) is 0 Å². The summed E-state index contributed by atoms with van der Waals surface area (Å²) in [5.74, 6) is 0. The standard InChI is InChI=1S/C54H39OP/c55-56(52-31-22-40(23-32-52)13-16-43-19-28-46-7-1-4-10-49(46)37-43,53-33-24-41(25-34-53)14-17-44-20-29-47-8-2-5-11-50(47)38-44)54-35-26-42(27-36-54)15-18-45-21-30-48-9-3-6-12-51(48)39-45/h1-39H. The third-order valence-corrected chi connectivity index (χ3v) is 13.6. The van der Waals surface area contributed by atoms with Crippen LogP contribution in [0.15, 0.2) is 200 Å². The van der Waals surface area contributed by atoms with Crippen LogP contribution in [0.3, 0.4) is 0 Å². The van der Waals surface area contributed by atoms with Crippen molar-refractivity contribution in [3.63, 3.8) is 0 Å². The van der Waals surface area contributed by atoms with Crippen LogP contribution >= 0.6 is 7.14 Å². The van der Waals surface area contributed by atoms with Gasteiger partial charge in [0.1, 0.15) is 0 Å². The Balaban J connectivity index is 1.01. The van der Waals surface area contributed by atoms with E-state index in [0.29, 0.717) is 0 Å². The Morgan fingerprint density at radius 3 is 0.768 bits per heavy atom. The van der Waals surface area contributed by atoms with Gasteiger partial charge in [-0.15, -0.1) is 0 Å². The van der Waals surface area contributed by atoms with Crippen LogP contribution in [0, 0.1) is 0 Å². The first kappa shape index (κ1) is 34.9. The molecule has 9 aromatic carbocycles. The molecular formula is C54H39OP. The molecule has 0 unspecified atom stereocenters. The lowest BCUT2D eigenvalue weighted by Gasteiger charge is -2.20. The second kappa shape index (κ2) is 15.5. The van der Waals surface area contributed by atoms with Gasteiger partial charge in [-0.25, -0.2) is 0 Å². The first-order valence-corrected chi connectivity index (χ1v) is 20.7. The van der Waals surface area contributed by atoms with Crippen molar-refractivity contribution >= 4 is 91.8 Å². The fraction of sp³-hybridized carbons (Fsp3) is 0. The van der Waals surface area contributed by atoms with Crippen molar-refractivity contribution in [3.05, 3.63) is 234 Å². The van der Waals surface area contributed by atoms with Gasteiger partial charge in [-0.1, -0.05) is 218 Å². The minimum absolute atomic E-state index is 0.805. The van der Waals surface area contributed by atoms with Gasteiger partial charge in [-0.3, -0.25) is 0 Å². The van der Waals surface area contributed by atoms with Crippen molar-refractivity contribution in [2.75, 3.05) is 0 Å². The number of rotatable bonds is 9. The van der Waals surface area contributed by atoms with E-state index in [1.54, 1.807) is 0 Å². The molecule has 0 fully saturated rings. The summed E-state index contributed by atoms with van der Waals surface area (Å²) in [7, 11) is -3.22. The Hall–Kier alpha value is -6.79. The highest BCUT2D eigenvalue weighted by Gasteiger charge is 2.29. The molecule has 0 aliphatic carbocycles. The van der Waals surface area contributed by atoms with E-state index >= 15 is 4.57 Å². The Kier molecular flexibility index (Phi) is 9.68. The molecule has 9 aromatic rings. The van der Waals surface area contributed by atoms with E-state index in [2.05, 4.69) is 200 Å². The first-order valence-electron chi connectivity index (χ1n) is 19.0. The molecule has 0 aliphatic heterocycles. The highest BCUT2D eigenvalue weighted by molar-refractivity contribution is 7.85. The lowest BCUT2D eigenvalue weighted by molar-refractivity contribution is 0.592. The number of benzene rings is 9. The summed E-state index contributed by atoms with van der Waals surface area (Å²) >= 11 is 0. The van der Waals surface area contributed by atoms with Gasteiger partial charge < -0.3 is 4.57 Å². The molecule has 0 N–H and O–H groups in total. The summed E-state index contributed by atoms with van der Waals surface area (Å²) in [4.78, 5) is 0. The summed E-state index contributed by atoms with van der Waals surface area (Å²) in [6, 6.07) is 69.3. The second-order valence-corrected chi connectivity index (χ2v) is 17.0. The monoisotopic (exact) mass is 734 g/mol. The molecule has 0 bridgehead atoms. The Bertz CT molecular complexity index is 2640. The third-order valence-electron chi connectivity index (χ3n) is 10.5. The van der Waals surface area contributed by atoms with E-state index in [-0.39, 0.29) is 0 Å². The summed E-state index contributed by atoms with van der Waals surface area (Å²) in [5, 5.41) is 9.76. The zero-order valence-corrected chi connectivity index (χ0v) is 31.8. The van der Waals surface area contributed by atoms with E-state index < -0.39 is 7.14 Å². The molecular weight excluding hydrogens is 696 g/mol. The van der Waals surface area contributed by atoms with Crippen LogP contribution in [-0.4, -0.2) is 0 Å². The van der Waals surface area contributed by atoms with Crippen LogP contribution in [0.1, 0.15) is 33.4 Å². The average molecular weight is 735 g/mol. The zero-order valence-electron chi connectivity index (χ0n) is 30.9. The lowest BCUT2D eigenvalue weighted by atomic mass is 10.1. The fourth-order valence-corrected chi connectivity index (χ4v) is 9.95. The molecule has 0 aliphatic rings. The summed E-state index contributed by atoms with van der Waals surface area (Å²) in [6.45, 7) is 0. The van der Waals surface area contributed by atoms with Gasteiger partial charge in [0.2, 0.25) is 0 Å². The van der Waals surface area contributed by atoms with Gasteiger partial charge in [0.25, 0.3) is 0 Å². The van der Waals surface area contributed by atoms with Crippen LogP contribution < -0.4 is 15.9 Å². The largest absolute Gasteiger partial charge is 0.309 e. The Labute approximate surface area is 328 Å². The van der Waals surface area contributed by atoms with Gasteiger partial charge in [-0.05, 0) is 83.9 Å². The van der Waals surface area contributed by atoms with E-state index in [4.69, 9.17) is 0 Å². The summed E-state index contributed by atoms with van der Waals surface area (Å²) < 4.78 is 15.6. The molecule has 56 heavy (non-hydrogen) atoms. The van der Waals surface area contributed by atoms with Crippen molar-refractivity contribution in [1.82, 2.24) is 0 Å². The minimum atomic E-state index is -3.22. The number of fused-ring (bicyclic) bond motifs is 3. The number of hydrogen-bond acceptors (Lipinski definition) is 1. The molecule has 0 amide bonds. The zero-order chi connectivity index (χ0) is 37.7. The molecule has 0 saturated carbocycles. The summed E-state index contributed by atoms with van der Waals surface area (Å²) in [5.41, 5.74) is 6.58. The third kappa shape index (κ3) is 7.46. The fourth-order valence-electron chi connectivity index (χ4n) is 7.35. The molecule has 0 aromatic heterocycles. The molecule has 0 atom stereocenters. The lowest BCUT2D eigenvalue weighted by Crippen LogP contribution is -2.25. The van der Waals surface area contributed by atoms with Gasteiger partial charge in [0, 0.05) is 15.9 Å². The highest BCUT2D eigenvalue weighted by Crippen LogP contribution is 2.42. The quantitative estimate of drug-likeness (QED) is 0.107. The predicted octanol–water partition coefficient (Wildman–Crippen LogP) is 13.3. The topological polar surface area (TPSA) is 17.1 Å². The van der Waals surface area contributed by atoms with Gasteiger partial charge in [-0.2, -0.15) is 0 Å². The second-order valence-electron chi connectivity index (χ2n) is 14.2. The maximum Gasteiger partial charge on any atom is 0.171 e. The molecule has 266 valence electrons. The Morgan fingerprint density at radius 2 is 0.482 bits per heavy atom. The smallest absolute Gasteiger partial charge is 0.171 e. The molecule has 1 nitrogen and oxygen atoms in total. The van der Waals surface area contributed by atoms with Gasteiger partial charge in [0.15, 0.2) is 7.14 Å². The van der Waals surface area contributed by atoms with E-state index in [1.807, 2.05) is 36.4 Å². The van der Waals surface area contributed by atoms with Crippen molar-refractivity contribution in [1.29, 1.82) is 0 Å². The first-order chi connectivity index (χ1) is 27.6. The van der Waals surface area contributed by atoms with Crippen LogP contribution in [0.2, 0.25) is 0 Å². The van der Waals surface area contributed by atoms with E-state index in [1.165, 1.54) is 32.3 Å². The van der Waals surface area contributed by atoms with Gasteiger partial charge >= 0.3 is 0 Å². The average Bonchev–Trinajstić information content (AvgIpc) is 3.27. The van der Waals surface area contributed by atoms with Crippen LogP contribution in [-0.2, 0) is 4.57 Å². The summed E-state index contributed by atoms with van der Waals surface area (Å²) in [6.07, 6.45) is 12.8.